The summed E-state index contributed by atoms with van der Waals surface area (Å²) in [5.41, 5.74) is -0.433. The minimum Gasteiger partial charge on any atom is -0.303 e. The molecule has 0 amide bonds. The monoisotopic (exact) mass is 205 g/mol. The van der Waals surface area contributed by atoms with E-state index in [0.717, 1.165) is 6.29 Å². The summed E-state index contributed by atoms with van der Waals surface area (Å²) in [5.74, 6) is 0.187. The van der Waals surface area contributed by atoms with Gasteiger partial charge >= 0.3 is 0 Å². The fourth-order valence-electron chi connectivity index (χ4n) is 1.50. The van der Waals surface area contributed by atoms with Crippen LogP contribution in [0.5, 0.6) is 0 Å². The Hall–Kier alpha value is -0.420. The van der Waals surface area contributed by atoms with Gasteiger partial charge in [-0.3, -0.25) is 0 Å². The van der Waals surface area contributed by atoms with Gasteiger partial charge in [-0.15, -0.1) is 0 Å². The molecule has 1 saturated heterocycles. The molecule has 0 aromatic rings. The molecule has 0 aliphatic carbocycles. The van der Waals surface area contributed by atoms with E-state index in [0.29, 0.717) is 12.8 Å². The van der Waals surface area contributed by atoms with Crippen molar-refractivity contribution in [1.82, 2.24) is 4.72 Å². The van der Waals surface area contributed by atoms with E-state index in [4.69, 9.17) is 0 Å². The molecule has 4 nitrogen and oxygen atoms in total. The van der Waals surface area contributed by atoms with Crippen LogP contribution in [0.1, 0.15) is 26.7 Å². The highest BCUT2D eigenvalue weighted by atomic mass is 32.2. The quantitative estimate of drug-likeness (QED) is 0.674. The van der Waals surface area contributed by atoms with Crippen LogP contribution in [0.4, 0.5) is 0 Å². The molecule has 0 bridgehead atoms. The molecule has 0 radical (unpaired) electrons. The van der Waals surface area contributed by atoms with Crippen molar-refractivity contribution in [3.63, 3.8) is 0 Å². The summed E-state index contributed by atoms with van der Waals surface area (Å²) in [6.07, 6.45) is 2.06. The predicted octanol–water partition coefficient (Wildman–Crippen LogP) is 0.293. The minimum absolute atomic E-state index is 0.0646. The Kier molecular flexibility index (Phi) is 2.77. The Labute approximate surface area is 78.8 Å². The highest BCUT2D eigenvalue weighted by molar-refractivity contribution is 7.89. The Morgan fingerprint density at radius 2 is 2.15 bits per heavy atom. The van der Waals surface area contributed by atoms with Crippen LogP contribution in [-0.2, 0) is 14.8 Å². The standard InChI is InChI=1S/C8H15NO3S/c1-8(2,6-10)5-7-3-4-13(11,12)9-7/h6-7,9H,3-5H2,1-2H3. The zero-order valence-corrected chi connectivity index (χ0v) is 8.73. The lowest BCUT2D eigenvalue weighted by Crippen LogP contribution is -2.31. The largest absolute Gasteiger partial charge is 0.303 e. The molecule has 5 heteroatoms. The Bertz CT molecular complexity index is 295. The zero-order chi connectivity index (χ0) is 10.1. The molecule has 1 atom stereocenters. The molecule has 1 rings (SSSR count). The number of carbonyl (C=O) groups excluding carboxylic acids is 1. The van der Waals surface area contributed by atoms with Gasteiger partial charge in [0, 0.05) is 11.5 Å². The lowest BCUT2D eigenvalue weighted by atomic mass is 9.87. The first kappa shape index (κ1) is 10.7. The summed E-state index contributed by atoms with van der Waals surface area (Å²) in [7, 11) is -3.04. The number of aldehydes is 1. The molecule has 0 saturated carbocycles. The maximum atomic E-state index is 11.0. The van der Waals surface area contributed by atoms with Gasteiger partial charge in [-0.05, 0) is 12.8 Å². The molecule has 1 aliphatic rings. The van der Waals surface area contributed by atoms with Crippen LogP contribution >= 0.6 is 0 Å². The van der Waals surface area contributed by atoms with Gasteiger partial charge in [0.2, 0.25) is 10.0 Å². The molecule has 76 valence electrons. The fourth-order valence-corrected chi connectivity index (χ4v) is 2.92. The third kappa shape index (κ3) is 3.08. The third-order valence-corrected chi connectivity index (χ3v) is 3.64. The van der Waals surface area contributed by atoms with Gasteiger partial charge in [0.15, 0.2) is 0 Å². The van der Waals surface area contributed by atoms with Gasteiger partial charge < -0.3 is 4.79 Å². The van der Waals surface area contributed by atoms with Crippen LogP contribution in [0, 0.1) is 5.41 Å². The summed E-state index contributed by atoms with van der Waals surface area (Å²) in [5, 5.41) is 0. The van der Waals surface area contributed by atoms with Crippen molar-refractivity contribution < 1.29 is 13.2 Å². The lowest BCUT2D eigenvalue weighted by Gasteiger charge is -2.20. The van der Waals surface area contributed by atoms with E-state index in [2.05, 4.69) is 4.72 Å². The second kappa shape index (κ2) is 3.38. The highest BCUT2D eigenvalue weighted by Crippen LogP contribution is 2.23. The number of hydrogen-bond donors (Lipinski definition) is 1. The van der Waals surface area contributed by atoms with Crippen molar-refractivity contribution in [3.8, 4) is 0 Å². The van der Waals surface area contributed by atoms with Crippen molar-refractivity contribution in [2.45, 2.75) is 32.7 Å². The summed E-state index contributed by atoms with van der Waals surface area (Å²) in [4.78, 5) is 10.6. The number of rotatable bonds is 3. The molecule has 0 aromatic carbocycles. The van der Waals surface area contributed by atoms with E-state index >= 15 is 0 Å². The van der Waals surface area contributed by atoms with Gasteiger partial charge in [-0.25, -0.2) is 13.1 Å². The molecule has 0 spiro atoms. The fraction of sp³-hybridized carbons (Fsp3) is 0.875. The van der Waals surface area contributed by atoms with Crippen LogP contribution in [0.25, 0.3) is 0 Å². The average molecular weight is 205 g/mol. The molecule has 1 unspecified atom stereocenters. The maximum Gasteiger partial charge on any atom is 0.211 e. The summed E-state index contributed by atoms with van der Waals surface area (Å²) in [6.45, 7) is 3.62. The van der Waals surface area contributed by atoms with Crippen LogP contribution in [0.2, 0.25) is 0 Å². The molecule has 1 heterocycles. The molecule has 13 heavy (non-hydrogen) atoms. The van der Waals surface area contributed by atoms with E-state index < -0.39 is 15.4 Å². The predicted molar refractivity (Wildman–Crippen MR) is 49.8 cm³/mol. The van der Waals surface area contributed by atoms with Gasteiger partial charge in [0.05, 0.1) is 5.75 Å². The SMILES string of the molecule is CC(C)(C=O)CC1CCS(=O)(=O)N1. The number of carbonyl (C=O) groups is 1. The first-order chi connectivity index (χ1) is 5.85. The van der Waals surface area contributed by atoms with Gasteiger partial charge in [-0.1, -0.05) is 13.8 Å². The van der Waals surface area contributed by atoms with Gasteiger partial charge in [0.25, 0.3) is 0 Å². The first-order valence-corrected chi connectivity index (χ1v) is 5.96. The highest BCUT2D eigenvalue weighted by Gasteiger charge is 2.31. The lowest BCUT2D eigenvalue weighted by molar-refractivity contribution is -0.115. The summed E-state index contributed by atoms with van der Waals surface area (Å²) in [6, 6.07) is -0.0646. The molecule has 1 fully saturated rings. The Morgan fingerprint density at radius 1 is 1.54 bits per heavy atom. The second-order valence-electron chi connectivity index (χ2n) is 4.23. The zero-order valence-electron chi connectivity index (χ0n) is 7.91. The molecule has 1 N–H and O–H groups in total. The smallest absolute Gasteiger partial charge is 0.211 e. The number of nitrogens with one attached hydrogen (secondary N) is 1. The van der Waals surface area contributed by atoms with Crippen molar-refractivity contribution in [2.24, 2.45) is 5.41 Å². The van der Waals surface area contributed by atoms with Gasteiger partial charge in [-0.2, -0.15) is 0 Å². The molecule has 0 aromatic heterocycles. The number of hydrogen-bond acceptors (Lipinski definition) is 3. The van der Waals surface area contributed by atoms with Gasteiger partial charge in [0.1, 0.15) is 6.29 Å². The Balaban J connectivity index is 2.54. The minimum atomic E-state index is -3.04. The Morgan fingerprint density at radius 3 is 2.54 bits per heavy atom. The second-order valence-corrected chi connectivity index (χ2v) is 6.11. The topological polar surface area (TPSA) is 63.2 Å². The van der Waals surface area contributed by atoms with Crippen LogP contribution < -0.4 is 4.72 Å². The molecule has 1 aliphatic heterocycles. The third-order valence-electron chi connectivity index (χ3n) is 2.17. The van der Waals surface area contributed by atoms with Crippen LogP contribution in [-0.4, -0.2) is 26.5 Å². The van der Waals surface area contributed by atoms with Crippen molar-refractivity contribution in [1.29, 1.82) is 0 Å². The number of sulfonamides is 1. The maximum absolute atomic E-state index is 11.0. The van der Waals surface area contributed by atoms with E-state index in [-0.39, 0.29) is 11.8 Å². The van der Waals surface area contributed by atoms with Crippen LogP contribution in [0.3, 0.4) is 0 Å². The van der Waals surface area contributed by atoms with Crippen LogP contribution in [0.15, 0.2) is 0 Å². The van der Waals surface area contributed by atoms with E-state index in [9.17, 15) is 13.2 Å². The molecular weight excluding hydrogens is 190 g/mol. The average Bonchev–Trinajstić information content (AvgIpc) is 2.29. The van der Waals surface area contributed by atoms with Crippen molar-refractivity contribution >= 4 is 16.3 Å². The van der Waals surface area contributed by atoms with Crippen molar-refractivity contribution in [2.75, 3.05) is 5.75 Å². The normalized spacial score (nSPS) is 27.4. The van der Waals surface area contributed by atoms with E-state index in [1.165, 1.54) is 0 Å². The van der Waals surface area contributed by atoms with Crippen molar-refractivity contribution in [3.05, 3.63) is 0 Å². The summed E-state index contributed by atoms with van der Waals surface area (Å²) >= 11 is 0. The molecular formula is C8H15NO3S. The summed E-state index contributed by atoms with van der Waals surface area (Å²) < 4.78 is 24.6. The first-order valence-electron chi connectivity index (χ1n) is 4.31. The van der Waals surface area contributed by atoms with E-state index in [1.807, 2.05) is 13.8 Å². The van der Waals surface area contributed by atoms with E-state index in [1.54, 1.807) is 0 Å².